The molecule has 1 amide bonds. The summed E-state index contributed by atoms with van der Waals surface area (Å²) >= 11 is 0. The molecule has 0 unspecified atom stereocenters. The third-order valence-electron chi connectivity index (χ3n) is 5.33. The van der Waals surface area contributed by atoms with E-state index in [1.54, 1.807) is 30.7 Å². The average molecular weight is 398 g/mol. The molecule has 0 radical (unpaired) electrons. The number of amides is 1. The number of aromatic nitrogens is 4. The maximum atomic E-state index is 12.8. The smallest absolute Gasteiger partial charge is 0.255 e. The minimum absolute atomic E-state index is 0.169. The fraction of sp³-hybridized carbons (Fsp3) is 0.217. The lowest BCUT2D eigenvalue weighted by molar-refractivity contribution is 0.102. The molecule has 0 fully saturated rings. The van der Waals surface area contributed by atoms with Gasteiger partial charge in [0.15, 0.2) is 0 Å². The molecule has 30 heavy (non-hydrogen) atoms. The summed E-state index contributed by atoms with van der Waals surface area (Å²) < 4.78 is 2.32. The van der Waals surface area contributed by atoms with Crippen molar-refractivity contribution in [3.63, 3.8) is 0 Å². The summed E-state index contributed by atoms with van der Waals surface area (Å²) in [5, 5.41) is 6.14. The molecular weight excluding hydrogens is 376 g/mol. The van der Waals surface area contributed by atoms with Crippen LogP contribution in [0.2, 0.25) is 0 Å². The van der Waals surface area contributed by atoms with Crippen LogP contribution < -0.4 is 10.6 Å². The number of benzene rings is 2. The van der Waals surface area contributed by atoms with Crippen molar-refractivity contribution in [1.29, 1.82) is 0 Å². The Kier molecular flexibility index (Phi) is 4.85. The van der Waals surface area contributed by atoms with E-state index < -0.39 is 0 Å². The quantitative estimate of drug-likeness (QED) is 0.527. The number of nitrogens with one attached hydrogen (secondary N) is 2. The zero-order valence-electron chi connectivity index (χ0n) is 16.5. The molecule has 1 aliphatic heterocycles. The predicted molar refractivity (Wildman–Crippen MR) is 117 cm³/mol. The van der Waals surface area contributed by atoms with E-state index in [1.165, 1.54) is 19.3 Å². The normalized spacial score (nSPS) is 13.5. The van der Waals surface area contributed by atoms with E-state index in [0.717, 1.165) is 41.2 Å². The molecule has 3 heterocycles. The Morgan fingerprint density at radius 2 is 1.97 bits per heavy atom. The van der Waals surface area contributed by atoms with Crippen molar-refractivity contribution in [3.05, 3.63) is 72.4 Å². The predicted octanol–water partition coefficient (Wildman–Crippen LogP) is 4.55. The highest BCUT2D eigenvalue weighted by Crippen LogP contribution is 2.25. The zero-order valence-corrected chi connectivity index (χ0v) is 16.5. The monoisotopic (exact) mass is 398 g/mol. The molecule has 2 aromatic heterocycles. The third kappa shape index (κ3) is 3.74. The first-order chi connectivity index (χ1) is 14.8. The molecule has 0 aliphatic carbocycles. The molecule has 7 heteroatoms. The number of anilines is 3. The minimum atomic E-state index is -0.169. The standard InChI is InChI=1S/C23H22N6O/c30-23(16-5-4-6-17(13-16)26-21-15-24-10-11-25-21)27-18-8-9-20-19(14-18)28-22-7-2-1-3-12-29(20)22/h4-6,8-11,13-15H,1-3,7,12H2,(H,25,26)(H,27,30). The molecule has 1 aliphatic rings. The Morgan fingerprint density at radius 3 is 2.87 bits per heavy atom. The van der Waals surface area contributed by atoms with Crippen molar-refractivity contribution in [2.24, 2.45) is 0 Å². The summed E-state index contributed by atoms with van der Waals surface area (Å²) in [7, 11) is 0. The Hall–Kier alpha value is -3.74. The van der Waals surface area contributed by atoms with Crippen molar-refractivity contribution in [1.82, 2.24) is 19.5 Å². The lowest BCUT2D eigenvalue weighted by Crippen LogP contribution is -2.12. The van der Waals surface area contributed by atoms with Gasteiger partial charge in [0.05, 0.1) is 17.2 Å². The van der Waals surface area contributed by atoms with E-state index in [-0.39, 0.29) is 5.91 Å². The second kappa shape index (κ2) is 7.94. The van der Waals surface area contributed by atoms with Gasteiger partial charge in [-0.05, 0) is 49.2 Å². The molecule has 0 bridgehead atoms. The van der Waals surface area contributed by atoms with Gasteiger partial charge in [0.1, 0.15) is 11.6 Å². The summed E-state index contributed by atoms with van der Waals surface area (Å²) in [5.41, 5.74) is 4.15. The van der Waals surface area contributed by atoms with Crippen LogP contribution in [0.3, 0.4) is 0 Å². The van der Waals surface area contributed by atoms with Crippen LogP contribution in [0.1, 0.15) is 35.4 Å². The zero-order chi connectivity index (χ0) is 20.3. The lowest BCUT2D eigenvalue weighted by atomic mass is 10.1. The second-order valence-corrected chi connectivity index (χ2v) is 7.44. The van der Waals surface area contributed by atoms with Crippen LogP contribution in [0, 0.1) is 0 Å². The average Bonchev–Trinajstić information content (AvgIpc) is 2.94. The van der Waals surface area contributed by atoms with Gasteiger partial charge in [-0.2, -0.15) is 0 Å². The number of fused-ring (bicyclic) bond motifs is 3. The molecular formula is C23H22N6O. The number of aryl methyl sites for hydroxylation is 2. The van der Waals surface area contributed by atoms with Crippen LogP contribution in [0.25, 0.3) is 11.0 Å². The van der Waals surface area contributed by atoms with Gasteiger partial charge in [0.2, 0.25) is 0 Å². The minimum Gasteiger partial charge on any atom is -0.339 e. The fourth-order valence-corrected chi connectivity index (χ4v) is 3.88. The van der Waals surface area contributed by atoms with Gasteiger partial charge in [-0.25, -0.2) is 9.97 Å². The van der Waals surface area contributed by atoms with E-state index in [2.05, 4.69) is 31.2 Å². The summed E-state index contributed by atoms with van der Waals surface area (Å²) in [6, 6.07) is 13.3. The maximum absolute atomic E-state index is 12.8. The first kappa shape index (κ1) is 18.3. The second-order valence-electron chi connectivity index (χ2n) is 7.44. The Bertz CT molecular complexity index is 1200. The molecule has 4 aromatic rings. The highest BCUT2D eigenvalue weighted by Gasteiger charge is 2.14. The molecule has 0 spiro atoms. The molecule has 7 nitrogen and oxygen atoms in total. The van der Waals surface area contributed by atoms with Crippen molar-refractivity contribution in [3.8, 4) is 0 Å². The number of hydrogen-bond acceptors (Lipinski definition) is 5. The highest BCUT2D eigenvalue weighted by molar-refractivity contribution is 6.05. The molecule has 0 saturated heterocycles. The van der Waals surface area contributed by atoms with Crippen LogP contribution in [0.4, 0.5) is 17.2 Å². The van der Waals surface area contributed by atoms with Crippen molar-refractivity contribution < 1.29 is 4.79 Å². The number of carbonyl (C=O) groups is 1. The van der Waals surface area contributed by atoms with Crippen LogP contribution >= 0.6 is 0 Å². The number of nitrogens with zero attached hydrogens (tertiary/aromatic N) is 4. The SMILES string of the molecule is O=C(Nc1ccc2c(c1)nc1n2CCCCC1)c1cccc(Nc2cnccn2)c1. The van der Waals surface area contributed by atoms with Crippen molar-refractivity contribution in [2.75, 3.05) is 10.6 Å². The number of rotatable bonds is 4. The van der Waals surface area contributed by atoms with E-state index in [9.17, 15) is 4.79 Å². The van der Waals surface area contributed by atoms with E-state index in [0.29, 0.717) is 11.4 Å². The van der Waals surface area contributed by atoms with Gasteiger partial charge in [-0.3, -0.25) is 9.78 Å². The third-order valence-corrected chi connectivity index (χ3v) is 5.33. The van der Waals surface area contributed by atoms with Crippen molar-refractivity contribution in [2.45, 2.75) is 32.2 Å². The van der Waals surface area contributed by atoms with Gasteiger partial charge in [-0.15, -0.1) is 0 Å². The number of hydrogen-bond donors (Lipinski definition) is 2. The molecule has 2 aromatic carbocycles. The van der Waals surface area contributed by atoms with Crippen molar-refractivity contribution >= 4 is 34.1 Å². The molecule has 5 rings (SSSR count). The van der Waals surface area contributed by atoms with Crippen LogP contribution in [0.5, 0.6) is 0 Å². The van der Waals surface area contributed by atoms with E-state index >= 15 is 0 Å². The number of carbonyl (C=O) groups excluding carboxylic acids is 1. The van der Waals surface area contributed by atoms with Gasteiger partial charge in [0.25, 0.3) is 5.91 Å². The maximum Gasteiger partial charge on any atom is 0.255 e. The Morgan fingerprint density at radius 1 is 1.00 bits per heavy atom. The fourth-order valence-electron chi connectivity index (χ4n) is 3.88. The van der Waals surface area contributed by atoms with E-state index in [4.69, 9.17) is 4.98 Å². The first-order valence-electron chi connectivity index (χ1n) is 10.2. The van der Waals surface area contributed by atoms with E-state index in [1.807, 2.05) is 24.3 Å². The topological polar surface area (TPSA) is 84.7 Å². The summed E-state index contributed by atoms with van der Waals surface area (Å²) in [5.74, 6) is 1.60. The largest absolute Gasteiger partial charge is 0.339 e. The van der Waals surface area contributed by atoms with Gasteiger partial charge < -0.3 is 15.2 Å². The first-order valence-corrected chi connectivity index (χ1v) is 10.2. The summed E-state index contributed by atoms with van der Waals surface area (Å²) in [6.45, 7) is 1.02. The lowest BCUT2D eigenvalue weighted by Gasteiger charge is -2.09. The van der Waals surface area contributed by atoms with Crippen LogP contribution in [-0.4, -0.2) is 25.4 Å². The molecule has 2 N–H and O–H groups in total. The Labute approximate surface area is 174 Å². The van der Waals surface area contributed by atoms with Gasteiger partial charge in [-0.1, -0.05) is 12.5 Å². The Balaban J connectivity index is 1.35. The molecule has 0 saturated carbocycles. The van der Waals surface area contributed by atoms with Crippen LogP contribution in [-0.2, 0) is 13.0 Å². The molecule has 0 atom stereocenters. The van der Waals surface area contributed by atoms with Gasteiger partial charge >= 0.3 is 0 Å². The summed E-state index contributed by atoms with van der Waals surface area (Å²) in [4.78, 5) is 25.8. The van der Waals surface area contributed by atoms with Crippen LogP contribution in [0.15, 0.2) is 61.1 Å². The molecule has 150 valence electrons. The van der Waals surface area contributed by atoms with Gasteiger partial charge in [0, 0.05) is 42.3 Å². The number of imidazole rings is 1. The highest BCUT2D eigenvalue weighted by atomic mass is 16.1. The summed E-state index contributed by atoms with van der Waals surface area (Å²) in [6.07, 6.45) is 9.51.